The summed E-state index contributed by atoms with van der Waals surface area (Å²) in [5, 5.41) is 14.1. The average molecular weight is 300 g/mol. The van der Waals surface area contributed by atoms with Crippen LogP contribution in [0.25, 0.3) is 0 Å². The maximum atomic E-state index is 12.3. The molecule has 1 rings (SSSR count). The first kappa shape index (κ1) is 17.6. The minimum atomic E-state index is -1.06. The van der Waals surface area contributed by atoms with Crippen molar-refractivity contribution < 1.29 is 24.2 Å². The summed E-state index contributed by atoms with van der Waals surface area (Å²) >= 11 is 0. The van der Waals surface area contributed by atoms with Gasteiger partial charge in [0.15, 0.2) is 5.78 Å². The highest BCUT2D eigenvalue weighted by Gasteiger charge is 2.50. The Hall–Kier alpha value is -1.47. The second-order valence-corrected chi connectivity index (χ2v) is 6.01. The number of nitrogens with one attached hydrogen (secondary N) is 2. The molecule has 0 aromatic heterocycles. The quantitative estimate of drug-likeness (QED) is 0.517. The molecule has 0 bridgehead atoms. The zero-order chi connectivity index (χ0) is 16.2. The third-order valence-electron chi connectivity index (χ3n) is 3.32. The summed E-state index contributed by atoms with van der Waals surface area (Å²) in [4.78, 5) is 35.4. The summed E-state index contributed by atoms with van der Waals surface area (Å²) in [6.07, 6.45) is 0.474. The van der Waals surface area contributed by atoms with Gasteiger partial charge in [-0.15, -0.1) is 0 Å². The van der Waals surface area contributed by atoms with Gasteiger partial charge in [0, 0.05) is 6.92 Å². The van der Waals surface area contributed by atoms with E-state index in [2.05, 4.69) is 10.6 Å². The number of amides is 2. The van der Waals surface area contributed by atoms with Crippen molar-refractivity contribution in [2.75, 3.05) is 13.2 Å². The van der Waals surface area contributed by atoms with Gasteiger partial charge in [0.25, 0.3) is 0 Å². The summed E-state index contributed by atoms with van der Waals surface area (Å²) in [6, 6.07) is -1.74. The number of ketones is 1. The van der Waals surface area contributed by atoms with Crippen molar-refractivity contribution in [2.45, 2.75) is 51.8 Å². The van der Waals surface area contributed by atoms with E-state index in [1.165, 1.54) is 6.92 Å². The molecular formula is C14H24N2O5. The molecule has 1 aliphatic rings. The highest BCUT2D eigenvalue weighted by Crippen LogP contribution is 2.29. The van der Waals surface area contributed by atoms with Gasteiger partial charge in [-0.05, 0) is 19.3 Å². The van der Waals surface area contributed by atoms with Gasteiger partial charge < -0.3 is 20.5 Å². The van der Waals surface area contributed by atoms with E-state index >= 15 is 0 Å². The second-order valence-electron chi connectivity index (χ2n) is 6.01. The molecule has 0 aromatic rings. The minimum Gasteiger partial charge on any atom is -0.394 e. The van der Waals surface area contributed by atoms with E-state index in [1.54, 1.807) is 6.92 Å². The van der Waals surface area contributed by atoms with Crippen LogP contribution in [-0.4, -0.2) is 53.6 Å². The van der Waals surface area contributed by atoms with Crippen molar-refractivity contribution >= 4 is 17.6 Å². The first-order valence-corrected chi connectivity index (χ1v) is 7.06. The van der Waals surface area contributed by atoms with Crippen LogP contribution in [0.15, 0.2) is 0 Å². The molecule has 7 nitrogen and oxygen atoms in total. The van der Waals surface area contributed by atoms with Crippen molar-refractivity contribution in [3.63, 3.8) is 0 Å². The molecule has 2 amide bonds. The number of Topliss-reactive ketones (excluding diaryl/α,β-unsaturated/α-hetero) is 1. The highest BCUT2D eigenvalue weighted by atomic mass is 16.6. The maximum Gasteiger partial charge on any atom is 0.245 e. The van der Waals surface area contributed by atoms with E-state index < -0.39 is 36.1 Å². The van der Waals surface area contributed by atoms with E-state index in [4.69, 9.17) is 9.84 Å². The molecule has 1 heterocycles. The molecule has 1 fully saturated rings. The number of carbonyl (C=O) groups is 3. The number of ether oxygens (including phenoxy) is 1. The van der Waals surface area contributed by atoms with Gasteiger partial charge in [0.1, 0.15) is 11.6 Å². The lowest BCUT2D eigenvalue weighted by atomic mass is 9.93. The van der Waals surface area contributed by atoms with E-state index in [9.17, 15) is 14.4 Å². The van der Waals surface area contributed by atoms with Crippen LogP contribution in [0.5, 0.6) is 0 Å². The van der Waals surface area contributed by atoms with Gasteiger partial charge in [-0.2, -0.15) is 0 Å². The molecule has 3 N–H and O–H groups in total. The van der Waals surface area contributed by atoms with Crippen LogP contribution in [0.2, 0.25) is 0 Å². The number of epoxide rings is 1. The van der Waals surface area contributed by atoms with Crippen molar-refractivity contribution in [2.24, 2.45) is 5.92 Å². The van der Waals surface area contributed by atoms with Crippen molar-refractivity contribution in [1.29, 1.82) is 0 Å². The predicted molar refractivity (Wildman–Crippen MR) is 75.4 cm³/mol. The average Bonchev–Trinajstić information content (AvgIpc) is 3.12. The van der Waals surface area contributed by atoms with Gasteiger partial charge in [-0.1, -0.05) is 13.8 Å². The van der Waals surface area contributed by atoms with Crippen LogP contribution in [0, 0.1) is 5.92 Å². The van der Waals surface area contributed by atoms with E-state index in [0.717, 1.165) is 0 Å². The van der Waals surface area contributed by atoms with Gasteiger partial charge in [-0.3, -0.25) is 14.4 Å². The molecule has 0 saturated carbocycles. The predicted octanol–water partition coefficient (Wildman–Crippen LogP) is -0.628. The molecule has 1 aliphatic heterocycles. The lowest BCUT2D eigenvalue weighted by molar-refractivity contribution is -0.133. The number of hydrogen-bond donors (Lipinski definition) is 3. The minimum absolute atomic E-state index is 0.177. The summed E-state index contributed by atoms with van der Waals surface area (Å²) in [6.45, 7) is 6.66. The molecule has 0 spiro atoms. The molecule has 21 heavy (non-hydrogen) atoms. The summed E-state index contributed by atoms with van der Waals surface area (Å²) < 4.78 is 5.13. The smallest absolute Gasteiger partial charge is 0.245 e. The van der Waals surface area contributed by atoms with Crippen molar-refractivity contribution in [3.8, 4) is 0 Å². The van der Waals surface area contributed by atoms with Crippen LogP contribution in [0.3, 0.4) is 0 Å². The normalized spacial score (nSPS) is 23.3. The number of hydrogen-bond acceptors (Lipinski definition) is 5. The fourth-order valence-corrected chi connectivity index (χ4v) is 2.03. The van der Waals surface area contributed by atoms with E-state index in [-0.39, 0.29) is 11.7 Å². The van der Waals surface area contributed by atoms with Gasteiger partial charge in [0.05, 0.1) is 19.3 Å². The van der Waals surface area contributed by atoms with Crippen LogP contribution >= 0.6 is 0 Å². The number of aliphatic hydroxyl groups is 1. The Morgan fingerprint density at radius 1 is 1.24 bits per heavy atom. The highest BCUT2D eigenvalue weighted by molar-refractivity contribution is 5.97. The molecule has 0 aromatic carbocycles. The number of carbonyl (C=O) groups excluding carboxylic acids is 3. The topological polar surface area (TPSA) is 108 Å². The first-order chi connectivity index (χ1) is 9.69. The fourth-order valence-electron chi connectivity index (χ4n) is 2.03. The SMILES string of the molecule is CC(=O)N[C@@H](CO)C(=O)N[C@@H](CC(C)C)C(=O)[C@@]1(C)CO1. The summed E-state index contributed by atoms with van der Waals surface area (Å²) in [7, 11) is 0. The molecule has 3 atom stereocenters. The summed E-state index contributed by atoms with van der Waals surface area (Å²) in [5.41, 5.74) is -0.824. The molecule has 7 heteroatoms. The lowest BCUT2D eigenvalue weighted by Gasteiger charge is -2.24. The lowest BCUT2D eigenvalue weighted by Crippen LogP contribution is -2.54. The zero-order valence-corrected chi connectivity index (χ0v) is 12.9. The Morgan fingerprint density at radius 3 is 2.19 bits per heavy atom. The van der Waals surface area contributed by atoms with E-state index in [0.29, 0.717) is 13.0 Å². The second kappa shape index (κ2) is 7.00. The molecule has 0 unspecified atom stereocenters. The molecule has 0 radical (unpaired) electrons. The third-order valence-corrected chi connectivity index (χ3v) is 3.32. The number of aliphatic hydroxyl groups excluding tert-OH is 1. The van der Waals surface area contributed by atoms with Crippen LogP contribution < -0.4 is 10.6 Å². The third kappa shape index (κ3) is 5.09. The van der Waals surface area contributed by atoms with Gasteiger partial charge in [0.2, 0.25) is 11.8 Å². The Balaban J connectivity index is 2.73. The summed E-state index contributed by atoms with van der Waals surface area (Å²) in [5.74, 6) is -0.969. The van der Waals surface area contributed by atoms with Crippen LogP contribution in [0.1, 0.15) is 34.1 Å². The Bertz CT molecular complexity index is 418. The van der Waals surface area contributed by atoms with Crippen LogP contribution in [0.4, 0.5) is 0 Å². The van der Waals surface area contributed by atoms with Crippen LogP contribution in [-0.2, 0) is 19.1 Å². The maximum absolute atomic E-state index is 12.3. The monoisotopic (exact) mass is 300 g/mol. The molecular weight excluding hydrogens is 276 g/mol. The standard InChI is InChI=1S/C14H24N2O5/c1-8(2)5-10(12(19)14(4)7-21-14)16-13(20)11(6-17)15-9(3)18/h8,10-11,17H,5-7H2,1-4H3,(H,15,18)(H,16,20)/t10-,11-,14+/m0/s1. The Morgan fingerprint density at radius 2 is 1.81 bits per heavy atom. The molecule has 0 aliphatic carbocycles. The van der Waals surface area contributed by atoms with Gasteiger partial charge in [-0.25, -0.2) is 0 Å². The van der Waals surface area contributed by atoms with E-state index in [1.807, 2.05) is 13.8 Å². The molecule has 120 valence electrons. The van der Waals surface area contributed by atoms with Gasteiger partial charge >= 0.3 is 0 Å². The Kier molecular flexibility index (Phi) is 5.86. The Labute approximate surface area is 124 Å². The number of rotatable bonds is 8. The first-order valence-electron chi connectivity index (χ1n) is 7.06. The van der Waals surface area contributed by atoms with Crippen molar-refractivity contribution in [1.82, 2.24) is 10.6 Å². The zero-order valence-electron chi connectivity index (χ0n) is 12.9. The van der Waals surface area contributed by atoms with Crippen molar-refractivity contribution in [3.05, 3.63) is 0 Å². The fraction of sp³-hybridized carbons (Fsp3) is 0.786. The molecule has 1 saturated heterocycles. The largest absolute Gasteiger partial charge is 0.394 e.